The van der Waals surface area contributed by atoms with Crippen molar-refractivity contribution < 1.29 is 40.9 Å². The number of hydrogen-bond donors (Lipinski definition) is 0. The van der Waals surface area contributed by atoms with E-state index in [1.807, 2.05) is 19.6 Å². The van der Waals surface area contributed by atoms with E-state index in [9.17, 15) is 9.59 Å². The Morgan fingerprint density at radius 1 is 0.596 bits per heavy atom. The van der Waals surface area contributed by atoms with Crippen LogP contribution in [0, 0.1) is 0 Å². The van der Waals surface area contributed by atoms with E-state index >= 15 is 0 Å². The van der Waals surface area contributed by atoms with Gasteiger partial charge < -0.3 is 31.3 Å². The lowest BCUT2D eigenvalue weighted by atomic mass is 9.79. The molecule has 1 aromatic carbocycles. The van der Waals surface area contributed by atoms with Gasteiger partial charge in [0.2, 0.25) is 25.0 Å². The first kappa shape index (κ1) is 42.1. The lowest BCUT2D eigenvalue weighted by molar-refractivity contribution is -0.177. The average molecular weight is 761 g/mol. The van der Waals surface area contributed by atoms with Gasteiger partial charge in [0, 0.05) is 12.8 Å². The average Bonchev–Trinajstić information content (AvgIpc) is 2.76. The molecule has 0 N–H and O–H groups in total. The third kappa shape index (κ3) is 14.8. The van der Waals surface area contributed by atoms with Gasteiger partial charge in [0.25, 0.3) is 0 Å². The predicted molar refractivity (Wildman–Crippen MR) is 206 cm³/mol. The molecule has 0 radical (unpaired) electrons. The number of carbonyl (C=O) groups is 2. The highest BCUT2D eigenvalue weighted by molar-refractivity contribution is 6.72. The van der Waals surface area contributed by atoms with Crippen molar-refractivity contribution in [3.8, 4) is 11.5 Å². The van der Waals surface area contributed by atoms with Crippen molar-refractivity contribution in [2.24, 2.45) is 0 Å². The smallest absolute Gasteiger partial charge is 0.338 e. The minimum absolute atomic E-state index is 0.113. The molecular weight excluding hydrogens is 697 g/mol. The van der Waals surface area contributed by atoms with Crippen molar-refractivity contribution in [3.63, 3.8) is 0 Å². The standard InChI is InChI=1S/C32H64O9Si6/c1-42(2,3)36-25-20-19-24(21-26(25)37-43(4,5)6)30(33)35-27-22-32(41-47(16,17)18,31(34)40-46(13,14)15)23-28(38-44(7,8)9)29(27)39-45(10,11)12/h19-21,27-29H,22-23H2,1-18H3. The van der Waals surface area contributed by atoms with Gasteiger partial charge in [-0.15, -0.1) is 0 Å². The van der Waals surface area contributed by atoms with Gasteiger partial charge in [0.1, 0.15) is 23.7 Å². The molecule has 4 unspecified atom stereocenters. The molecule has 1 fully saturated rings. The maximum Gasteiger partial charge on any atom is 0.338 e. The summed E-state index contributed by atoms with van der Waals surface area (Å²) < 4.78 is 45.7. The Morgan fingerprint density at radius 2 is 1.09 bits per heavy atom. The Bertz CT molecular complexity index is 1250. The Hall–Kier alpha value is -1.06. The number of carbonyl (C=O) groups excluding carboxylic acids is 2. The molecule has 0 spiro atoms. The minimum Gasteiger partial charge on any atom is -0.542 e. The number of hydrogen-bond acceptors (Lipinski definition) is 9. The predicted octanol–water partition coefficient (Wildman–Crippen LogP) is 8.84. The van der Waals surface area contributed by atoms with Gasteiger partial charge in [-0.25, -0.2) is 4.79 Å². The van der Waals surface area contributed by atoms with Crippen molar-refractivity contribution in [1.82, 2.24) is 0 Å². The van der Waals surface area contributed by atoms with Crippen LogP contribution >= 0.6 is 0 Å². The van der Waals surface area contributed by atoms with E-state index in [4.69, 9.17) is 31.3 Å². The zero-order chi connectivity index (χ0) is 36.6. The van der Waals surface area contributed by atoms with Gasteiger partial charge in [0.15, 0.2) is 30.6 Å². The van der Waals surface area contributed by atoms with E-state index in [0.29, 0.717) is 17.1 Å². The Morgan fingerprint density at radius 3 is 1.53 bits per heavy atom. The molecule has 0 bridgehead atoms. The summed E-state index contributed by atoms with van der Waals surface area (Å²) in [5, 5.41) is 0. The Balaban J connectivity index is 2.71. The second-order valence-corrected chi connectivity index (χ2v) is 45.3. The first-order valence-electron chi connectivity index (χ1n) is 16.8. The highest BCUT2D eigenvalue weighted by atomic mass is 28.4. The molecule has 0 aromatic heterocycles. The van der Waals surface area contributed by atoms with Crippen LogP contribution in [0.15, 0.2) is 18.2 Å². The largest absolute Gasteiger partial charge is 0.542 e. The number of rotatable bonds is 14. The summed E-state index contributed by atoms with van der Waals surface area (Å²) in [4.78, 5) is 28.3. The fourth-order valence-electron chi connectivity index (χ4n) is 5.35. The zero-order valence-electron chi connectivity index (χ0n) is 32.6. The summed E-state index contributed by atoms with van der Waals surface area (Å²) in [6.07, 6.45) is -1.56. The molecule has 47 heavy (non-hydrogen) atoms. The molecule has 1 aliphatic rings. The summed E-state index contributed by atoms with van der Waals surface area (Å²) in [7, 11) is -13.0. The van der Waals surface area contributed by atoms with Gasteiger partial charge in [0.05, 0.1) is 11.7 Å². The van der Waals surface area contributed by atoms with Crippen LogP contribution in [0.2, 0.25) is 118 Å². The number of ether oxygens (including phenoxy) is 1. The van der Waals surface area contributed by atoms with Gasteiger partial charge >= 0.3 is 11.9 Å². The second kappa shape index (κ2) is 14.7. The van der Waals surface area contributed by atoms with Gasteiger partial charge in [-0.2, -0.15) is 0 Å². The molecule has 2 rings (SSSR count). The molecule has 4 atom stereocenters. The molecule has 1 aromatic rings. The Kier molecular flexibility index (Phi) is 13.1. The first-order chi connectivity index (χ1) is 20.8. The van der Waals surface area contributed by atoms with Crippen LogP contribution in [0.5, 0.6) is 11.5 Å². The topological polar surface area (TPSA) is 98.8 Å². The van der Waals surface area contributed by atoms with E-state index in [2.05, 4.69) is 98.2 Å². The van der Waals surface area contributed by atoms with Gasteiger partial charge in [-0.3, -0.25) is 4.79 Å². The maximum atomic E-state index is 14.2. The summed E-state index contributed by atoms with van der Waals surface area (Å²) in [6, 6.07) is 5.23. The summed E-state index contributed by atoms with van der Waals surface area (Å²) >= 11 is 0. The molecule has 15 heteroatoms. The SMILES string of the molecule is C[Si](C)(C)OC(=O)C1(O[Si](C)(C)C)CC(OC(=O)c2ccc(O[Si](C)(C)C)c(O[Si](C)(C)C)c2)C(O[Si](C)(C)C)C(O[Si](C)(C)C)C1. The fraction of sp³-hybridized carbons (Fsp3) is 0.750. The van der Waals surface area contributed by atoms with Crippen LogP contribution in [-0.2, 0) is 27.2 Å². The zero-order valence-corrected chi connectivity index (χ0v) is 38.6. The van der Waals surface area contributed by atoms with Crippen molar-refractivity contribution in [2.75, 3.05) is 0 Å². The van der Waals surface area contributed by atoms with Crippen molar-refractivity contribution in [2.45, 2.75) is 155 Å². The highest BCUT2D eigenvalue weighted by Gasteiger charge is 2.57. The third-order valence-electron chi connectivity index (χ3n) is 6.33. The lowest BCUT2D eigenvalue weighted by Gasteiger charge is -2.50. The van der Waals surface area contributed by atoms with Crippen LogP contribution in [0.4, 0.5) is 0 Å². The first-order valence-corrected chi connectivity index (χ1v) is 37.2. The molecule has 1 saturated carbocycles. The molecule has 0 saturated heterocycles. The monoisotopic (exact) mass is 760 g/mol. The van der Waals surface area contributed by atoms with Gasteiger partial charge in [-0.05, 0) is 136 Å². The van der Waals surface area contributed by atoms with Crippen LogP contribution in [-0.4, -0.2) is 85.8 Å². The van der Waals surface area contributed by atoms with E-state index in [1.54, 1.807) is 18.2 Å². The van der Waals surface area contributed by atoms with Gasteiger partial charge in [-0.1, -0.05) is 0 Å². The molecule has 270 valence electrons. The quantitative estimate of drug-likeness (QED) is 0.136. The molecular formula is C32H64O9Si6. The van der Waals surface area contributed by atoms with E-state index in [0.717, 1.165) is 0 Å². The fourth-order valence-corrected chi connectivity index (χ4v) is 11.4. The molecule has 1 aliphatic carbocycles. The van der Waals surface area contributed by atoms with Crippen molar-refractivity contribution in [3.05, 3.63) is 23.8 Å². The summed E-state index contributed by atoms with van der Waals surface area (Å²) in [5.41, 5.74) is -1.01. The summed E-state index contributed by atoms with van der Waals surface area (Å²) in [5.74, 6) is 0.221. The normalized spacial score (nSPS) is 23.2. The maximum absolute atomic E-state index is 14.2. The third-order valence-corrected chi connectivity index (χ3v) is 11.8. The Labute approximate surface area is 291 Å². The highest BCUT2D eigenvalue weighted by Crippen LogP contribution is 2.42. The summed E-state index contributed by atoms with van der Waals surface area (Å²) in [6.45, 7) is 37.4. The lowest BCUT2D eigenvalue weighted by Crippen LogP contribution is -2.65. The van der Waals surface area contributed by atoms with E-state index < -0.39 is 85.8 Å². The molecule has 0 heterocycles. The van der Waals surface area contributed by atoms with E-state index in [1.165, 1.54) is 0 Å². The molecule has 0 amide bonds. The molecule has 9 nitrogen and oxygen atoms in total. The van der Waals surface area contributed by atoms with Crippen LogP contribution < -0.4 is 8.85 Å². The minimum atomic E-state index is -2.33. The van der Waals surface area contributed by atoms with E-state index in [-0.39, 0.29) is 12.8 Å². The van der Waals surface area contributed by atoms with Crippen molar-refractivity contribution >= 4 is 61.8 Å². The number of benzene rings is 1. The van der Waals surface area contributed by atoms with Crippen LogP contribution in [0.3, 0.4) is 0 Å². The van der Waals surface area contributed by atoms with Crippen LogP contribution in [0.1, 0.15) is 23.2 Å². The van der Waals surface area contributed by atoms with Crippen molar-refractivity contribution in [1.29, 1.82) is 0 Å². The van der Waals surface area contributed by atoms with Crippen LogP contribution in [0.25, 0.3) is 0 Å². The molecule has 0 aliphatic heterocycles. The second-order valence-electron chi connectivity index (χ2n) is 18.6. The number of esters is 1.